The third-order valence-electron chi connectivity index (χ3n) is 1.87. The fourth-order valence-corrected chi connectivity index (χ4v) is 2.14. The summed E-state index contributed by atoms with van der Waals surface area (Å²) in [5.74, 6) is 0.807. The van der Waals surface area contributed by atoms with E-state index in [1.54, 1.807) is 23.9 Å². The second-order valence-electron chi connectivity index (χ2n) is 2.65. The zero-order valence-electron chi connectivity index (χ0n) is 6.40. The Bertz CT molecular complexity index is 311. The van der Waals surface area contributed by atoms with Gasteiger partial charge < -0.3 is 0 Å². The molecule has 1 aromatic rings. The molecular formula is C9H8FNS. The molecule has 1 nitrogen and oxygen atoms in total. The molecule has 0 bridgehead atoms. The molecule has 0 amide bonds. The molecule has 2 heterocycles. The highest BCUT2D eigenvalue weighted by Gasteiger charge is 2.15. The van der Waals surface area contributed by atoms with Crippen LogP contribution in [0.5, 0.6) is 0 Å². The monoisotopic (exact) mass is 181 g/mol. The third-order valence-corrected chi connectivity index (χ3v) is 2.77. The normalized spacial score (nSPS) is 21.6. The summed E-state index contributed by atoms with van der Waals surface area (Å²) >= 11 is 1.71. The number of hydrogen-bond donors (Lipinski definition) is 0. The average molecular weight is 181 g/mol. The lowest BCUT2D eigenvalue weighted by molar-refractivity contribution is 0.563. The Hall–Kier alpha value is -0.830. The van der Waals surface area contributed by atoms with Crippen molar-refractivity contribution in [2.75, 3.05) is 5.75 Å². The topological polar surface area (TPSA) is 12.9 Å². The lowest BCUT2D eigenvalue weighted by atomic mass is 10.0. The van der Waals surface area contributed by atoms with Crippen molar-refractivity contribution in [1.82, 2.24) is 4.98 Å². The second-order valence-corrected chi connectivity index (χ2v) is 3.59. The molecule has 1 unspecified atom stereocenters. The van der Waals surface area contributed by atoms with Crippen molar-refractivity contribution in [3.8, 4) is 0 Å². The van der Waals surface area contributed by atoms with E-state index in [0.717, 1.165) is 5.75 Å². The van der Waals surface area contributed by atoms with Gasteiger partial charge in [0.1, 0.15) is 0 Å². The maximum atomic E-state index is 13.1. The standard InChI is InChI=1S/C9H8FNS/c10-9-8(2-1-4-11-9)7-3-5-12-6-7/h1-5,7H,6H2. The summed E-state index contributed by atoms with van der Waals surface area (Å²) < 4.78 is 13.1. The molecule has 0 saturated carbocycles. The zero-order valence-corrected chi connectivity index (χ0v) is 7.22. The molecule has 1 aliphatic rings. The van der Waals surface area contributed by atoms with E-state index >= 15 is 0 Å². The van der Waals surface area contributed by atoms with Gasteiger partial charge in [0.2, 0.25) is 5.95 Å². The lowest BCUT2D eigenvalue weighted by Gasteiger charge is -2.06. The molecule has 0 saturated heterocycles. The Morgan fingerprint density at radius 3 is 3.17 bits per heavy atom. The molecule has 12 heavy (non-hydrogen) atoms. The van der Waals surface area contributed by atoms with Crippen molar-refractivity contribution >= 4 is 11.8 Å². The van der Waals surface area contributed by atoms with E-state index < -0.39 is 0 Å². The van der Waals surface area contributed by atoms with E-state index in [4.69, 9.17) is 0 Å². The van der Waals surface area contributed by atoms with Crippen LogP contribution >= 0.6 is 11.8 Å². The Morgan fingerprint density at radius 1 is 1.58 bits per heavy atom. The molecule has 0 N–H and O–H groups in total. The van der Waals surface area contributed by atoms with Crippen LogP contribution in [-0.2, 0) is 0 Å². The Morgan fingerprint density at radius 2 is 2.50 bits per heavy atom. The molecule has 1 aliphatic heterocycles. The van der Waals surface area contributed by atoms with Crippen LogP contribution in [-0.4, -0.2) is 10.7 Å². The van der Waals surface area contributed by atoms with Gasteiger partial charge in [0.15, 0.2) is 0 Å². The van der Waals surface area contributed by atoms with E-state index in [2.05, 4.69) is 4.98 Å². The minimum Gasteiger partial charge on any atom is -0.228 e. The summed E-state index contributed by atoms with van der Waals surface area (Å²) in [5.41, 5.74) is 0.707. The van der Waals surface area contributed by atoms with Crippen LogP contribution in [0.1, 0.15) is 11.5 Å². The summed E-state index contributed by atoms with van der Waals surface area (Å²) in [4.78, 5) is 3.61. The number of hydrogen-bond acceptors (Lipinski definition) is 2. The zero-order chi connectivity index (χ0) is 8.39. The van der Waals surface area contributed by atoms with Gasteiger partial charge in [0, 0.05) is 23.4 Å². The number of halogens is 1. The molecule has 3 heteroatoms. The molecule has 1 atom stereocenters. The van der Waals surface area contributed by atoms with Gasteiger partial charge in [-0.05, 0) is 11.5 Å². The lowest BCUT2D eigenvalue weighted by Crippen LogP contribution is -1.99. The highest BCUT2D eigenvalue weighted by Crippen LogP contribution is 2.29. The summed E-state index contributed by atoms with van der Waals surface area (Å²) in [5, 5.41) is 2.01. The quantitative estimate of drug-likeness (QED) is 0.617. The van der Waals surface area contributed by atoms with Gasteiger partial charge in [-0.15, -0.1) is 11.8 Å². The van der Waals surface area contributed by atoms with Crippen LogP contribution < -0.4 is 0 Å². The number of aromatic nitrogens is 1. The largest absolute Gasteiger partial charge is 0.228 e. The fourth-order valence-electron chi connectivity index (χ4n) is 1.23. The van der Waals surface area contributed by atoms with Crippen molar-refractivity contribution in [3.05, 3.63) is 41.3 Å². The van der Waals surface area contributed by atoms with Crippen LogP contribution in [0.3, 0.4) is 0 Å². The number of rotatable bonds is 1. The molecule has 0 radical (unpaired) electrons. The predicted molar refractivity (Wildman–Crippen MR) is 48.5 cm³/mol. The van der Waals surface area contributed by atoms with Gasteiger partial charge >= 0.3 is 0 Å². The summed E-state index contributed by atoms with van der Waals surface area (Å²) in [6, 6.07) is 3.57. The molecule has 0 aromatic carbocycles. The fraction of sp³-hybridized carbons (Fsp3) is 0.222. The molecule has 2 rings (SSSR count). The molecule has 1 aromatic heterocycles. The van der Waals surface area contributed by atoms with Gasteiger partial charge in [-0.25, -0.2) is 4.98 Å². The molecular weight excluding hydrogens is 173 g/mol. The number of allylic oxidation sites excluding steroid dienone is 1. The average Bonchev–Trinajstić information content (AvgIpc) is 2.57. The number of thioether (sulfide) groups is 1. The highest BCUT2D eigenvalue weighted by atomic mass is 32.2. The Balaban J connectivity index is 2.33. The molecule has 0 spiro atoms. The van der Waals surface area contributed by atoms with Crippen LogP contribution in [0.25, 0.3) is 0 Å². The summed E-state index contributed by atoms with van der Waals surface area (Å²) in [6.07, 6.45) is 3.50. The first-order valence-corrected chi connectivity index (χ1v) is 4.81. The Kier molecular flexibility index (Phi) is 2.13. The number of nitrogens with zero attached hydrogens (tertiary/aromatic N) is 1. The van der Waals surface area contributed by atoms with Gasteiger partial charge in [0.05, 0.1) is 0 Å². The third kappa shape index (κ3) is 1.37. The van der Waals surface area contributed by atoms with E-state index in [9.17, 15) is 4.39 Å². The SMILES string of the molecule is Fc1ncccc1C1C=CSC1. The van der Waals surface area contributed by atoms with Gasteiger partial charge in [-0.2, -0.15) is 4.39 Å². The first-order valence-electron chi connectivity index (χ1n) is 3.76. The van der Waals surface area contributed by atoms with E-state index in [-0.39, 0.29) is 11.9 Å². The van der Waals surface area contributed by atoms with Crippen LogP contribution in [0.15, 0.2) is 29.8 Å². The maximum Gasteiger partial charge on any atom is 0.216 e. The van der Waals surface area contributed by atoms with Crippen LogP contribution in [0.4, 0.5) is 4.39 Å². The van der Waals surface area contributed by atoms with Gasteiger partial charge in [-0.3, -0.25) is 0 Å². The van der Waals surface area contributed by atoms with E-state index in [1.165, 1.54) is 6.20 Å². The Labute approximate surface area is 74.7 Å². The molecule has 0 aliphatic carbocycles. The van der Waals surface area contributed by atoms with Gasteiger partial charge in [0.25, 0.3) is 0 Å². The summed E-state index contributed by atoms with van der Waals surface area (Å²) in [6.45, 7) is 0. The highest BCUT2D eigenvalue weighted by molar-refractivity contribution is 8.02. The predicted octanol–water partition coefficient (Wildman–Crippen LogP) is 2.56. The molecule has 62 valence electrons. The van der Waals surface area contributed by atoms with Crippen molar-refractivity contribution in [2.24, 2.45) is 0 Å². The first-order chi connectivity index (χ1) is 5.88. The maximum absolute atomic E-state index is 13.1. The molecule has 0 fully saturated rings. The minimum atomic E-state index is -0.338. The van der Waals surface area contributed by atoms with Crippen LogP contribution in [0.2, 0.25) is 0 Å². The van der Waals surface area contributed by atoms with Crippen molar-refractivity contribution in [2.45, 2.75) is 5.92 Å². The second kappa shape index (κ2) is 3.27. The minimum absolute atomic E-state index is 0.212. The van der Waals surface area contributed by atoms with Crippen molar-refractivity contribution in [1.29, 1.82) is 0 Å². The number of pyridine rings is 1. The van der Waals surface area contributed by atoms with Crippen molar-refractivity contribution < 1.29 is 4.39 Å². The van der Waals surface area contributed by atoms with E-state index in [1.807, 2.05) is 11.5 Å². The van der Waals surface area contributed by atoms with E-state index in [0.29, 0.717) is 5.56 Å². The summed E-state index contributed by atoms with van der Waals surface area (Å²) in [7, 11) is 0. The first kappa shape index (κ1) is 7.80. The van der Waals surface area contributed by atoms with Gasteiger partial charge in [-0.1, -0.05) is 12.1 Å². The van der Waals surface area contributed by atoms with Crippen LogP contribution in [0, 0.1) is 5.95 Å². The smallest absolute Gasteiger partial charge is 0.216 e. The van der Waals surface area contributed by atoms with Crippen molar-refractivity contribution in [3.63, 3.8) is 0 Å².